The highest BCUT2D eigenvalue weighted by molar-refractivity contribution is 7.80. The number of carbonyl (C=O) groups excluding carboxylic acids is 1. The summed E-state index contributed by atoms with van der Waals surface area (Å²) in [5.74, 6) is -0.312. The van der Waals surface area contributed by atoms with E-state index in [1.54, 1.807) is 13.0 Å². The minimum Gasteiger partial charge on any atom is -0.328 e. The molecule has 1 aliphatic heterocycles. The fourth-order valence-electron chi connectivity index (χ4n) is 2.06. The molecule has 0 spiro atoms. The second-order valence-corrected chi connectivity index (χ2v) is 5.00. The Morgan fingerprint density at radius 1 is 1.14 bits per heavy atom. The van der Waals surface area contributed by atoms with Gasteiger partial charge < -0.3 is 5.32 Å². The monoisotopic (exact) mass is 300 g/mol. The number of H-pyrrole nitrogens is 1. The number of rotatable bonds is 2. The molecule has 106 valence electrons. The normalized spacial score (nSPS) is 16.1. The van der Waals surface area contributed by atoms with Crippen molar-refractivity contribution in [2.24, 2.45) is 0 Å². The number of carbonyl (C=O) groups is 1. The summed E-state index contributed by atoms with van der Waals surface area (Å²) in [4.78, 5) is 23.9. The third kappa shape index (κ3) is 2.38. The molecule has 1 aromatic carbocycles. The molecule has 6 nitrogen and oxygen atoms in total. The molecule has 21 heavy (non-hydrogen) atoms. The van der Waals surface area contributed by atoms with Crippen LogP contribution in [-0.2, 0) is 4.79 Å². The molecule has 1 fully saturated rings. The predicted octanol–water partition coefficient (Wildman–Crippen LogP) is 0.819. The highest BCUT2D eigenvalue weighted by Crippen LogP contribution is 2.11. The van der Waals surface area contributed by atoms with Crippen LogP contribution in [0.1, 0.15) is 11.3 Å². The van der Waals surface area contributed by atoms with E-state index >= 15 is 0 Å². The van der Waals surface area contributed by atoms with Crippen LogP contribution in [0.4, 0.5) is 0 Å². The van der Waals surface area contributed by atoms with Crippen molar-refractivity contribution >= 4 is 29.3 Å². The van der Waals surface area contributed by atoms with Crippen molar-refractivity contribution in [2.75, 3.05) is 0 Å². The van der Waals surface area contributed by atoms with Gasteiger partial charge in [0.05, 0.1) is 11.4 Å². The molecule has 2 heterocycles. The first kappa shape index (κ1) is 13.3. The summed E-state index contributed by atoms with van der Waals surface area (Å²) in [5.41, 5.74) is 1.97. The number of nitrogens with zero attached hydrogens (tertiary/aromatic N) is 1. The zero-order valence-corrected chi connectivity index (χ0v) is 12.0. The summed E-state index contributed by atoms with van der Waals surface area (Å²) in [7, 11) is 0. The number of nitrogens with one attached hydrogen (secondary N) is 3. The molecule has 7 heteroatoms. The maximum atomic E-state index is 12.3. The van der Waals surface area contributed by atoms with Crippen molar-refractivity contribution in [3.05, 3.63) is 57.6 Å². The van der Waals surface area contributed by atoms with E-state index in [9.17, 15) is 9.59 Å². The second-order valence-electron chi connectivity index (χ2n) is 4.59. The molecule has 3 N–H and O–H groups in total. The molecule has 1 amide bonds. The SMILES string of the molecule is Cc1c(/C=C2/NC(=S)NC2=O)[nH]n(-c2ccccc2)c1=O. The van der Waals surface area contributed by atoms with Crippen LogP contribution in [-0.4, -0.2) is 20.8 Å². The van der Waals surface area contributed by atoms with Crippen LogP contribution in [0.3, 0.4) is 0 Å². The van der Waals surface area contributed by atoms with Crippen molar-refractivity contribution in [1.29, 1.82) is 0 Å². The third-order valence-electron chi connectivity index (χ3n) is 3.18. The smallest absolute Gasteiger partial charge is 0.274 e. The van der Waals surface area contributed by atoms with Gasteiger partial charge in [-0.15, -0.1) is 0 Å². The van der Waals surface area contributed by atoms with Crippen LogP contribution in [0, 0.1) is 6.92 Å². The van der Waals surface area contributed by atoms with Gasteiger partial charge in [-0.25, -0.2) is 4.68 Å². The summed E-state index contributed by atoms with van der Waals surface area (Å²) in [5, 5.41) is 8.47. The number of aromatic nitrogens is 2. The van der Waals surface area contributed by atoms with Crippen molar-refractivity contribution < 1.29 is 4.79 Å². The van der Waals surface area contributed by atoms with Gasteiger partial charge in [0.15, 0.2) is 5.11 Å². The minimum absolute atomic E-state index is 0.158. The number of thiocarbonyl (C=S) groups is 1. The van der Waals surface area contributed by atoms with E-state index in [-0.39, 0.29) is 16.6 Å². The fraction of sp³-hybridized carbons (Fsp3) is 0.0714. The van der Waals surface area contributed by atoms with E-state index < -0.39 is 0 Å². The summed E-state index contributed by atoms with van der Waals surface area (Å²) >= 11 is 4.87. The molecule has 0 radical (unpaired) electrons. The Morgan fingerprint density at radius 3 is 2.48 bits per heavy atom. The Kier molecular flexibility index (Phi) is 3.19. The zero-order valence-electron chi connectivity index (χ0n) is 11.1. The number of amides is 1. The molecule has 3 rings (SSSR count). The summed E-state index contributed by atoms with van der Waals surface area (Å²) in [6.45, 7) is 1.70. The molecule has 0 unspecified atom stereocenters. The van der Waals surface area contributed by atoms with Crippen LogP contribution in [0.5, 0.6) is 0 Å². The molecule has 2 aromatic rings. The average molecular weight is 300 g/mol. The summed E-state index contributed by atoms with van der Waals surface area (Å²) < 4.78 is 1.44. The standard InChI is InChI=1S/C14H12N4O2S/c1-8-10(7-11-12(19)16-14(21)15-11)17-18(13(8)20)9-5-3-2-4-6-9/h2-7,17H,1H3,(H2,15,16,19,21)/b11-7+. The quantitative estimate of drug-likeness (QED) is 0.567. The fourth-order valence-corrected chi connectivity index (χ4v) is 2.27. The van der Waals surface area contributed by atoms with Crippen LogP contribution < -0.4 is 16.2 Å². The van der Waals surface area contributed by atoms with E-state index in [0.29, 0.717) is 17.0 Å². The van der Waals surface area contributed by atoms with E-state index in [0.717, 1.165) is 5.69 Å². The van der Waals surface area contributed by atoms with Crippen molar-refractivity contribution in [2.45, 2.75) is 6.92 Å². The van der Waals surface area contributed by atoms with Gasteiger partial charge in [-0.05, 0) is 37.4 Å². The lowest BCUT2D eigenvalue weighted by Crippen LogP contribution is -2.21. The van der Waals surface area contributed by atoms with Gasteiger partial charge in [0.25, 0.3) is 11.5 Å². The maximum Gasteiger partial charge on any atom is 0.274 e. The molecule has 0 bridgehead atoms. The van der Waals surface area contributed by atoms with Gasteiger partial charge in [0.2, 0.25) is 0 Å². The highest BCUT2D eigenvalue weighted by atomic mass is 32.1. The molecule has 0 saturated carbocycles. The lowest BCUT2D eigenvalue weighted by Gasteiger charge is -2.00. The van der Waals surface area contributed by atoms with Crippen LogP contribution in [0.2, 0.25) is 0 Å². The second kappa shape index (κ2) is 5.02. The van der Waals surface area contributed by atoms with Crippen molar-refractivity contribution in [3.8, 4) is 5.69 Å². The summed E-state index contributed by atoms with van der Waals surface area (Å²) in [6, 6.07) is 9.22. The minimum atomic E-state index is -0.312. The average Bonchev–Trinajstić information content (AvgIpc) is 2.94. The van der Waals surface area contributed by atoms with Crippen LogP contribution in [0.15, 0.2) is 40.8 Å². The van der Waals surface area contributed by atoms with Gasteiger partial charge in [-0.2, -0.15) is 0 Å². The number of hydrogen-bond donors (Lipinski definition) is 3. The van der Waals surface area contributed by atoms with Gasteiger partial charge in [-0.1, -0.05) is 18.2 Å². The molecule has 0 atom stereocenters. The third-order valence-corrected chi connectivity index (χ3v) is 3.39. The number of hydrogen-bond acceptors (Lipinski definition) is 3. The predicted molar refractivity (Wildman–Crippen MR) is 83.0 cm³/mol. The van der Waals surface area contributed by atoms with Crippen molar-refractivity contribution in [1.82, 2.24) is 20.4 Å². The number of benzene rings is 1. The topological polar surface area (TPSA) is 78.9 Å². The summed E-state index contributed by atoms with van der Waals surface area (Å²) in [6.07, 6.45) is 1.57. The van der Waals surface area contributed by atoms with E-state index in [2.05, 4.69) is 15.7 Å². The van der Waals surface area contributed by atoms with Crippen molar-refractivity contribution in [3.63, 3.8) is 0 Å². The van der Waals surface area contributed by atoms with Gasteiger partial charge in [0.1, 0.15) is 5.70 Å². The number of para-hydroxylation sites is 1. The van der Waals surface area contributed by atoms with Crippen LogP contribution >= 0.6 is 12.2 Å². The first-order valence-electron chi connectivity index (χ1n) is 6.27. The lowest BCUT2D eigenvalue weighted by atomic mass is 10.2. The molecule has 1 aliphatic rings. The van der Waals surface area contributed by atoms with Crippen LogP contribution in [0.25, 0.3) is 11.8 Å². The molecule has 1 aromatic heterocycles. The number of aromatic amines is 1. The molecular weight excluding hydrogens is 288 g/mol. The lowest BCUT2D eigenvalue weighted by molar-refractivity contribution is -0.115. The van der Waals surface area contributed by atoms with E-state index in [1.165, 1.54) is 4.68 Å². The first-order chi connectivity index (χ1) is 10.1. The molecule has 0 aliphatic carbocycles. The molecular formula is C14H12N4O2S. The first-order valence-corrected chi connectivity index (χ1v) is 6.68. The Hall–Kier alpha value is -2.67. The van der Waals surface area contributed by atoms with Gasteiger partial charge >= 0.3 is 0 Å². The Bertz CT molecular complexity index is 817. The Morgan fingerprint density at radius 2 is 1.86 bits per heavy atom. The Balaban J connectivity index is 2.06. The highest BCUT2D eigenvalue weighted by Gasteiger charge is 2.21. The zero-order chi connectivity index (χ0) is 15.0. The van der Waals surface area contributed by atoms with E-state index in [1.807, 2.05) is 30.3 Å². The largest absolute Gasteiger partial charge is 0.328 e. The Labute approximate surface area is 125 Å². The maximum absolute atomic E-state index is 12.3. The molecule has 1 saturated heterocycles. The van der Waals surface area contributed by atoms with E-state index in [4.69, 9.17) is 12.2 Å². The van der Waals surface area contributed by atoms with Gasteiger partial charge in [0, 0.05) is 5.56 Å². The van der Waals surface area contributed by atoms with Gasteiger partial charge in [-0.3, -0.25) is 20.0 Å².